The Morgan fingerprint density at radius 2 is 2.00 bits per heavy atom. The fourth-order valence-corrected chi connectivity index (χ4v) is 1.84. The molecule has 5 heteroatoms. The molecule has 20 heavy (non-hydrogen) atoms. The lowest BCUT2D eigenvalue weighted by molar-refractivity contribution is 0.294. The number of halogens is 2. The number of hydrogen-bond donors (Lipinski definition) is 1. The smallest absolute Gasteiger partial charge is 0.141 e. The lowest BCUT2D eigenvalue weighted by atomic mass is 10.2. The van der Waals surface area contributed by atoms with Crippen LogP contribution in [-0.4, -0.2) is 11.5 Å². The summed E-state index contributed by atoms with van der Waals surface area (Å²) in [5, 5.41) is 0. The van der Waals surface area contributed by atoms with E-state index < -0.39 is 11.6 Å². The van der Waals surface area contributed by atoms with Crippen molar-refractivity contribution in [2.24, 2.45) is 5.73 Å². The van der Waals surface area contributed by atoms with Gasteiger partial charge in [0.2, 0.25) is 0 Å². The van der Waals surface area contributed by atoms with Gasteiger partial charge in [-0.3, -0.25) is 4.98 Å². The molecule has 0 saturated carbocycles. The molecule has 2 rings (SSSR count). The van der Waals surface area contributed by atoms with Gasteiger partial charge in [-0.15, -0.1) is 0 Å². The number of aryl methyl sites for hydroxylation is 1. The maximum atomic E-state index is 13.5. The second-order valence-corrected chi connectivity index (χ2v) is 4.46. The molecule has 0 aliphatic rings. The van der Waals surface area contributed by atoms with Crippen LogP contribution in [0.3, 0.4) is 0 Å². The van der Waals surface area contributed by atoms with Crippen molar-refractivity contribution in [1.29, 1.82) is 0 Å². The average molecular weight is 278 g/mol. The zero-order valence-electron chi connectivity index (χ0n) is 11.2. The fourth-order valence-electron chi connectivity index (χ4n) is 1.84. The summed E-state index contributed by atoms with van der Waals surface area (Å²) in [7, 11) is 0. The zero-order chi connectivity index (χ0) is 14.5. The van der Waals surface area contributed by atoms with Gasteiger partial charge in [0.05, 0.1) is 5.69 Å². The molecule has 0 bridgehead atoms. The minimum atomic E-state index is -0.620. The quantitative estimate of drug-likeness (QED) is 0.914. The first-order chi connectivity index (χ1) is 9.60. The van der Waals surface area contributed by atoms with E-state index in [1.165, 1.54) is 12.1 Å². The number of rotatable bonds is 5. The summed E-state index contributed by atoms with van der Waals surface area (Å²) in [6, 6.07) is 7.02. The third-order valence-electron chi connectivity index (χ3n) is 2.85. The number of ether oxygens (including phenoxy) is 1. The number of nitrogens with zero attached hydrogens (tertiary/aromatic N) is 1. The van der Waals surface area contributed by atoms with Crippen LogP contribution in [0.2, 0.25) is 0 Å². The lowest BCUT2D eigenvalue weighted by Gasteiger charge is -2.11. The van der Waals surface area contributed by atoms with Gasteiger partial charge < -0.3 is 10.5 Å². The summed E-state index contributed by atoms with van der Waals surface area (Å²) in [4.78, 5) is 4.35. The SMILES string of the molecule is Cc1ccc(OCc2ccc(F)cc2F)c(CCN)n1. The zero-order valence-corrected chi connectivity index (χ0v) is 11.2. The van der Waals surface area contributed by atoms with Crippen LogP contribution in [-0.2, 0) is 13.0 Å². The van der Waals surface area contributed by atoms with Crippen LogP contribution in [0.5, 0.6) is 5.75 Å². The van der Waals surface area contributed by atoms with Crippen molar-refractivity contribution < 1.29 is 13.5 Å². The Morgan fingerprint density at radius 1 is 1.20 bits per heavy atom. The molecule has 0 aliphatic carbocycles. The Bertz CT molecular complexity index is 602. The van der Waals surface area contributed by atoms with Crippen LogP contribution >= 0.6 is 0 Å². The average Bonchev–Trinajstić information content (AvgIpc) is 2.40. The van der Waals surface area contributed by atoms with E-state index in [-0.39, 0.29) is 6.61 Å². The van der Waals surface area contributed by atoms with Gasteiger partial charge in [0.15, 0.2) is 0 Å². The first-order valence-corrected chi connectivity index (χ1v) is 6.33. The van der Waals surface area contributed by atoms with E-state index in [1.54, 1.807) is 6.07 Å². The molecule has 0 saturated heterocycles. The Labute approximate surface area is 116 Å². The number of benzene rings is 1. The maximum absolute atomic E-state index is 13.5. The van der Waals surface area contributed by atoms with Gasteiger partial charge in [0.1, 0.15) is 24.0 Å². The van der Waals surface area contributed by atoms with Crippen molar-refractivity contribution in [3.05, 3.63) is 58.9 Å². The molecule has 0 unspecified atom stereocenters. The van der Waals surface area contributed by atoms with E-state index in [1.807, 2.05) is 13.0 Å². The van der Waals surface area contributed by atoms with Gasteiger partial charge in [0, 0.05) is 23.7 Å². The molecular weight excluding hydrogens is 262 g/mol. The van der Waals surface area contributed by atoms with E-state index in [4.69, 9.17) is 10.5 Å². The van der Waals surface area contributed by atoms with Crippen LogP contribution in [0.1, 0.15) is 17.0 Å². The van der Waals surface area contributed by atoms with E-state index in [9.17, 15) is 8.78 Å². The molecule has 106 valence electrons. The van der Waals surface area contributed by atoms with Gasteiger partial charge in [-0.2, -0.15) is 0 Å². The highest BCUT2D eigenvalue weighted by atomic mass is 19.1. The Kier molecular flexibility index (Phi) is 4.63. The van der Waals surface area contributed by atoms with Crippen molar-refractivity contribution in [1.82, 2.24) is 4.98 Å². The second-order valence-electron chi connectivity index (χ2n) is 4.46. The van der Waals surface area contributed by atoms with Crippen molar-refractivity contribution >= 4 is 0 Å². The molecule has 0 amide bonds. The molecule has 1 heterocycles. The predicted octanol–water partition coefficient (Wildman–Crippen LogP) is 2.75. The molecule has 0 fully saturated rings. The van der Waals surface area contributed by atoms with Gasteiger partial charge >= 0.3 is 0 Å². The molecule has 0 aliphatic heterocycles. The highest BCUT2D eigenvalue weighted by Crippen LogP contribution is 2.20. The predicted molar refractivity (Wildman–Crippen MR) is 72.4 cm³/mol. The molecule has 1 aromatic carbocycles. The van der Waals surface area contributed by atoms with Crippen LogP contribution in [0.15, 0.2) is 30.3 Å². The Morgan fingerprint density at radius 3 is 2.70 bits per heavy atom. The van der Waals surface area contributed by atoms with E-state index in [0.29, 0.717) is 24.3 Å². The number of aromatic nitrogens is 1. The van der Waals surface area contributed by atoms with Crippen LogP contribution in [0, 0.1) is 18.6 Å². The summed E-state index contributed by atoms with van der Waals surface area (Å²) in [6.45, 7) is 2.36. The summed E-state index contributed by atoms with van der Waals surface area (Å²) in [6.07, 6.45) is 0.586. The minimum absolute atomic E-state index is 0.0222. The van der Waals surface area contributed by atoms with Gasteiger partial charge in [-0.05, 0) is 37.7 Å². The lowest BCUT2D eigenvalue weighted by Crippen LogP contribution is -2.08. The van der Waals surface area contributed by atoms with Gasteiger partial charge in [-0.1, -0.05) is 0 Å². The van der Waals surface area contributed by atoms with Gasteiger partial charge in [0.25, 0.3) is 0 Å². The van der Waals surface area contributed by atoms with Crippen molar-refractivity contribution in [3.63, 3.8) is 0 Å². The fraction of sp³-hybridized carbons (Fsp3) is 0.267. The van der Waals surface area contributed by atoms with Crippen molar-refractivity contribution in [2.45, 2.75) is 20.0 Å². The summed E-state index contributed by atoms with van der Waals surface area (Å²) >= 11 is 0. The van der Waals surface area contributed by atoms with Crippen LogP contribution < -0.4 is 10.5 Å². The minimum Gasteiger partial charge on any atom is -0.487 e. The number of nitrogens with two attached hydrogens (primary N) is 1. The Balaban J connectivity index is 2.14. The monoisotopic (exact) mass is 278 g/mol. The topological polar surface area (TPSA) is 48.1 Å². The molecule has 1 aromatic heterocycles. The maximum Gasteiger partial charge on any atom is 0.141 e. The molecular formula is C15H16F2N2O. The normalized spacial score (nSPS) is 10.6. The van der Waals surface area contributed by atoms with Crippen molar-refractivity contribution in [3.8, 4) is 5.75 Å². The van der Waals surface area contributed by atoms with E-state index in [0.717, 1.165) is 17.5 Å². The number of pyridine rings is 1. The van der Waals surface area contributed by atoms with Crippen LogP contribution in [0.4, 0.5) is 8.78 Å². The summed E-state index contributed by atoms with van der Waals surface area (Å²) < 4.78 is 31.9. The largest absolute Gasteiger partial charge is 0.487 e. The highest BCUT2D eigenvalue weighted by Gasteiger charge is 2.08. The van der Waals surface area contributed by atoms with Crippen LogP contribution in [0.25, 0.3) is 0 Å². The van der Waals surface area contributed by atoms with Crippen molar-refractivity contribution in [2.75, 3.05) is 6.54 Å². The molecule has 2 N–H and O–H groups in total. The summed E-state index contributed by atoms with van der Waals surface area (Å²) in [5.74, 6) is -0.651. The second kappa shape index (κ2) is 6.43. The molecule has 0 radical (unpaired) electrons. The number of hydrogen-bond acceptors (Lipinski definition) is 3. The first-order valence-electron chi connectivity index (χ1n) is 6.33. The van der Waals surface area contributed by atoms with E-state index in [2.05, 4.69) is 4.98 Å². The van der Waals surface area contributed by atoms with E-state index >= 15 is 0 Å². The first kappa shape index (κ1) is 14.4. The molecule has 3 nitrogen and oxygen atoms in total. The summed E-state index contributed by atoms with van der Waals surface area (Å²) in [5.41, 5.74) is 7.44. The third kappa shape index (κ3) is 3.51. The molecule has 0 atom stereocenters. The third-order valence-corrected chi connectivity index (χ3v) is 2.85. The van der Waals surface area contributed by atoms with Gasteiger partial charge in [-0.25, -0.2) is 8.78 Å². The molecule has 0 spiro atoms. The molecule has 2 aromatic rings. The Hall–Kier alpha value is -2.01. The standard InChI is InChI=1S/C15H16F2N2O/c1-10-2-5-15(14(19-10)6-7-18)20-9-11-3-4-12(16)8-13(11)17/h2-5,8H,6-7,9,18H2,1H3. The highest BCUT2D eigenvalue weighted by molar-refractivity contribution is 5.30.